The van der Waals surface area contributed by atoms with Crippen LogP contribution >= 0.6 is 0 Å². The predicted octanol–water partition coefficient (Wildman–Crippen LogP) is 5.42. The minimum absolute atomic E-state index is 1.39. The average Bonchev–Trinajstić information content (AvgIpc) is 2.56. The first-order valence-electron chi connectivity index (χ1n) is 10.1. The molecule has 0 spiro atoms. The van der Waals surface area contributed by atoms with Gasteiger partial charge >= 0.3 is 0 Å². The Labute approximate surface area is 167 Å². The lowest BCUT2D eigenvalue weighted by molar-refractivity contribution is 0.582. The van der Waals surface area contributed by atoms with Crippen molar-refractivity contribution in [2.75, 3.05) is 0 Å². The molecule has 1 nitrogen and oxygen atoms in total. The monoisotopic (exact) mass is 424 g/mol. The minimum Gasteiger partial charge on any atom is -0.459 e. The van der Waals surface area contributed by atoms with Crippen LogP contribution in [0.5, 0.6) is 0 Å². The molecule has 0 unspecified atom stereocenters. The Bertz CT molecular complexity index is 986. The Morgan fingerprint density at radius 2 is 0.963 bits per heavy atom. The van der Waals surface area contributed by atoms with Crippen LogP contribution in [0.15, 0.2) is 48.5 Å². The molecular weight excluding hydrogens is 393 g/mol. The van der Waals surface area contributed by atoms with Gasteiger partial charge in [0, 0.05) is 0 Å². The molecule has 1 aliphatic heterocycles. The molecule has 0 atom stereocenters. The summed E-state index contributed by atoms with van der Waals surface area (Å²) in [7, 11) is -7.16. The number of rotatable bonds is 0. The summed E-state index contributed by atoms with van der Waals surface area (Å²) in [5, 5.41) is 8.92. The van der Waals surface area contributed by atoms with E-state index in [1.165, 1.54) is 21.5 Å². The van der Waals surface area contributed by atoms with E-state index >= 15 is 0 Å². The fourth-order valence-corrected chi connectivity index (χ4v) is 31.2. The first-order chi connectivity index (χ1) is 12.4. The van der Waals surface area contributed by atoms with Crippen LogP contribution in [-0.4, -0.2) is 30.9 Å². The Morgan fingerprint density at radius 1 is 0.556 bits per heavy atom. The average molecular weight is 425 g/mol. The van der Waals surface area contributed by atoms with Crippen molar-refractivity contribution < 1.29 is 4.12 Å². The molecule has 0 aromatic heterocycles. The highest BCUT2D eigenvalue weighted by atomic mass is 29.3. The molecule has 0 fully saturated rings. The Morgan fingerprint density at radius 3 is 1.37 bits per heavy atom. The largest absolute Gasteiger partial charge is 0.459 e. The molecule has 0 aliphatic carbocycles. The van der Waals surface area contributed by atoms with Crippen molar-refractivity contribution >= 4 is 62.8 Å². The quantitative estimate of drug-likeness (QED) is 0.346. The van der Waals surface area contributed by atoms with Crippen molar-refractivity contribution in [3.8, 4) is 0 Å². The second-order valence-electron chi connectivity index (χ2n) is 10.3. The van der Waals surface area contributed by atoms with Crippen molar-refractivity contribution in [3.05, 3.63) is 48.5 Å². The molecule has 27 heavy (non-hydrogen) atoms. The van der Waals surface area contributed by atoms with Gasteiger partial charge in [0.2, 0.25) is 0 Å². The van der Waals surface area contributed by atoms with E-state index in [2.05, 4.69) is 101 Å². The first-order valence-corrected chi connectivity index (χ1v) is 23.9. The van der Waals surface area contributed by atoms with Crippen LogP contribution in [0, 0.1) is 0 Å². The van der Waals surface area contributed by atoms with Gasteiger partial charge in [0.1, 0.15) is 15.2 Å². The van der Waals surface area contributed by atoms with E-state index in [4.69, 9.17) is 4.12 Å². The van der Waals surface area contributed by atoms with E-state index in [1.54, 1.807) is 10.4 Å². The van der Waals surface area contributed by atoms with Crippen LogP contribution in [0.2, 0.25) is 52.4 Å². The minimum atomic E-state index is -1.85. The fraction of sp³-hybridized carbons (Fsp3) is 0.364. The third-order valence-electron chi connectivity index (χ3n) is 7.75. The molecule has 142 valence electrons. The van der Waals surface area contributed by atoms with Gasteiger partial charge in [-0.3, -0.25) is 0 Å². The summed E-state index contributed by atoms with van der Waals surface area (Å²) in [6.45, 7) is 20.3. The van der Waals surface area contributed by atoms with Gasteiger partial charge in [0.15, 0.2) is 15.7 Å². The molecule has 0 N–H and O–H groups in total. The number of hydrogen-bond acceptors (Lipinski definition) is 1. The topological polar surface area (TPSA) is 9.23 Å². The van der Waals surface area contributed by atoms with Crippen LogP contribution < -0.4 is 10.4 Å². The summed E-state index contributed by atoms with van der Waals surface area (Å²) in [6.07, 6.45) is 0. The molecule has 0 radical (unpaired) electrons. The van der Waals surface area contributed by atoms with Crippen molar-refractivity contribution in [1.29, 1.82) is 0 Å². The summed E-state index contributed by atoms with van der Waals surface area (Å²) < 4.78 is 7.38. The van der Waals surface area contributed by atoms with Crippen LogP contribution in [0.1, 0.15) is 0 Å². The van der Waals surface area contributed by atoms with Crippen molar-refractivity contribution in [3.63, 3.8) is 0 Å². The lowest BCUT2D eigenvalue weighted by Crippen LogP contribution is -2.74. The summed E-state index contributed by atoms with van der Waals surface area (Å²) in [5.74, 6) is 0. The molecule has 0 saturated heterocycles. The van der Waals surface area contributed by atoms with Gasteiger partial charge in [-0.05, 0) is 59.9 Å². The SMILES string of the molecule is C[Si]1(C)O[Si](C)(C)[Si](C)(C)c2cccc3cc4cccc(c4cc23)[Si]1(C)C. The lowest BCUT2D eigenvalue weighted by atomic mass is 10.0. The molecule has 4 rings (SSSR count). The second-order valence-corrected chi connectivity index (χ2v) is 39.4. The highest BCUT2D eigenvalue weighted by Gasteiger charge is 2.53. The molecule has 1 aliphatic rings. The van der Waals surface area contributed by atoms with Crippen molar-refractivity contribution in [1.82, 2.24) is 0 Å². The summed E-state index contributed by atoms with van der Waals surface area (Å²) in [4.78, 5) is 0. The zero-order chi connectivity index (χ0) is 19.8. The highest BCUT2D eigenvalue weighted by molar-refractivity contribution is 7.50. The smallest absolute Gasteiger partial charge is 0.165 e. The van der Waals surface area contributed by atoms with Gasteiger partial charge in [0.05, 0.1) is 0 Å². The third-order valence-corrected chi connectivity index (χ3v) is 42.9. The van der Waals surface area contributed by atoms with Gasteiger partial charge in [-0.2, -0.15) is 0 Å². The second kappa shape index (κ2) is 5.76. The van der Waals surface area contributed by atoms with Crippen LogP contribution in [-0.2, 0) is 4.12 Å². The molecule has 2 bridgehead atoms. The predicted molar refractivity (Wildman–Crippen MR) is 132 cm³/mol. The van der Waals surface area contributed by atoms with Crippen molar-refractivity contribution in [2.24, 2.45) is 0 Å². The maximum atomic E-state index is 7.38. The molecule has 0 saturated carbocycles. The molecular formula is C22H32OSi4. The molecule has 3 aromatic rings. The maximum absolute atomic E-state index is 7.38. The van der Waals surface area contributed by atoms with Gasteiger partial charge in [-0.15, -0.1) is 0 Å². The van der Waals surface area contributed by atoms with E-state index in [0.29, 0.717) is 0 Å². The standard InChI is InChI=1S/C22H32OSi4/c1-24(2)21-13-9-11-17-15-18-12-10-14-22(20(18)16-19(17)21)25(3,4)27(7,8)23-26(24,5)6/h9-16H,1-8H3. The Balaban J connectivity index is 2.24. The first kappa shape index (κ1) is 19.3. The Hall–Kier alpha value is -0.992. The van der Waals surface area contributed by atoms with Gasteiger partial charge in [0.25, 0.3) is 0 Å². The summed E-state index contributed by atoms with van der Waals surface area (Å²) in [6, 6.07) is 18.9. The number of benzene rings is 3. The van der Waals surface area contributed by atoms with Crippen LogP contribution in [0.4, 0.5) is 0 Å². The summed E-state index contributed by atoms with van der Waals surface area (Å²) >= 11 is 0. The van der Waals surface area contributed by atoms with E-state index in [1.807, 2.05) is 0 Å². The van der Waals surface area contributed by atoms with Crippen LogP contribution in [0.25, 0.3) is 21.5 Å². The molecule has 1 heterocycles. The lowest BCUT2D eigenvalue weighted by Gasteiger charge is -2.49. The highest BCUT2D eigenvalue weighted by Crippen LogP contribution is 2.34. The fourth-order valence-electron chi connectivity index (χ4n) is 4.68. The maximum Gasteiger partial charge on any atom is 0.165 e. The van der Waals surface area contributed by atoms with E-state index < -0.39 is 30.9 Å². The molecule has 3 aromatic carbocycles. The van der Waals surface area contributed by atoms with Crippen LogP contribution in [0.3, 0.4) is 0 Å². The normalized spacial score (nSPS) is 22.4. The zero-order valence-electron chi connectivity index (χ0n) is 18.0. The van der Waals surface area contributed by atoms with Gasteiger partial charge in [-0.25, -0.2) is 0 Å². The van der Waals surface area contributed by atoms with E-state index in [0.717, 1.165) is 0 Å². The summed E-state index contributed by atoms with van der Waals surface area (Å²) in [5.41, 5.74) is 0. The van der Waals surface area contributed by atoms with E-state index in [-0.39, 0.29) is 0 Å². The van der Waals surface area contributed by atoms with Crippen molar-refractivity contribution in [2.45, 2.75) is 52.4 Å². The van der Waals surface area contributed by atoms with Gasteiger partial charge < -0.3 is 4.12 Å². The third kappa shape index (κ3) is 2.63. The molecule has 0 amide bonds. The number of hydrogen-bond donors (Lipinski definition) is 0. The zero-order valence-corrected chi connectivity index (χ0v) is 22.0. The van der Waals surface area contributed by atoms with E-state index in [9.17, 15) is 0 Å². The Kier molecular flexibility index (Phi) is 4.13. The molecule has 5 heteroatoms. The van der Waals surface area contributed by atoms with Gasteiger partial charge in [-0.1, -0.05) is 73.0 Å².